The average Bonchev–Trinajstić information content (AvgIpc) is 2.94. The third-order valence-corrected chi connectivity index (χ3v) is 3.35. The predicted molar refractivity (Wildman–Crippen MR) is 76.5 cm³/mol. The van der Waals surface area contributed by atoms with E-state index < -0.39 is 0 Å². The highest BCUT2D eigenvalue weighted by atomic mass is 16.5. The lowest BCUT2D eigenvalue weighted by atomic mass is 10.2. The summed E-state index contributed by atoms with van der Waals surface area (Å²) in [6.45, 7) is 6.25. The maximum atomic E-state index is 12.2. The zero-order chi connectivity index (χ0) is 13.7. The van der Waals surface area contributed by atoms with Gasteiger partial charge in [-0.05, 0) is 38.8 Å². The van der Waals surface area contributed by atoms with Crippen molar-refractivity contribution in [2.24, 2.45) is 0 Å². The highest BCUT2D eigenvalue weighted by Gasteiger charge is 2.23. The van der Waals surface area contributed by atoms with Crippen LogP contribution in [-0.4, -0.2) is 36.5 Å². The Balaban J connectivity index is 2.01. The minimum atomic E-state index is -0.222. The molecule has 1 fully saturated rings. The molecule has 19 heavy (non-hydrogen) atoms. The molecule has 0 aromatic heterocycles. The third-order valence-electron chi connectivity index (χ3n) is 3.35. The molecule has 2 rings (SSSR count). The number of hydrogen-bond acceptors (Lipinski definition) is 3. The van der Waals surface area contributed by atoms with E-state index in [1.807, 2.05) is 43.0 Å². The predicted octanol–water partition coefficient (Wildman–Crippen LogP) is 2.51. The summed E-state index contributed by atoms with van der Waals surface area (Å²) in [5, 5.41) is 3.26. The maximum Gasteiger partial charge on any atom is 0.244 e. The number of carbonyl (C=O) groups is 1. The van der Waals surface area contributed by atoms with Crippen molar-refractivity contribution in [2.45, 2.75) is 32.7 Å². The van der Waals surface area contributed by atoms with Crippen LogP contribution in [0, 0.1) is 0 Å². The Hall–Kier alpha value is -1.71. The van der Waals surface area contributed by atoms with E-state index in [1.165, 1.54) is 0 Å². The number of para-hydroxylation sites is 2. The molecule has 4 heteroatoms. The van der Waals surface area contributed by atoms with Gasteiger partial charge in [-0.2, -0.15) is 0 Å². The molecule has 0 bridgehead atoms. The van der Waals surface area contributed by atoms with Crippen LogP contribution in [0.2, 0.25) is 0 Å². The lowest BCUT2D eigenvalue weighted by molar-refractivity contribution is -0.130. The minimum absolute atomic E-state index is 0.170. The summed E-state index contributed by atoms with van der Waals surface area (Å²) in [6.07, 6.45) is 2.24. The quantitative estimate of drug-likeness (QED) is 0.886. The number of likely N-dealkylation sites (tertiary alicyclic amines) is 1. The van der Waals surface area contributed by atoms with Crippen molar-refractivity contribution in [3.05, 3.63) is 24.3 Å². The van der Waals surface area contributed by atoms with Crippen molar-refractivity contribution in [2.75, 3.05) is 25.0 Å². The molecular weight excluding hydrogens is 240 g/mol. The first-order valence-electron chi connectivity index (χ1n) is 6.99. The van der Waals surface area contributed by atoms with Crippen LogP contribution in [0.1, 0.15) is 26.7 Å². The zero-order valence-corrected chi connectivity index (χ0v) is 11.7. The Labute approximate surface area is 114 Å². The van der Waals surface area contributed by atoms with E-state index in [4.69, 9.17) is 4.74 Å². The van der Waals surface area contributed by atoms with Crippen LogP contribution in [0.3, 0.4) is 0 Å². The minimum Gasteiger partial charge on any atom is -0.492 e. The molecule has 1 atom stereocenters. The molecule has 0 spiro atoms. The van der Waals surface area contributed by atoms with Gasteiger partial charge in [0.25, 0.3) is 0 Å². The first-order valence-corrected chi connectivity index (χ1v) is 6.99. The monoisotopic (exact) mass is 262 g/mol. The Bertz CT molecular complexity index is 428. The molecule has 0 saturated carbocycles. The largest absolute Gasteiger partial charge is 0.492 e. The second kappa shape index (κ2) is 6.45. The number of nitrogens with one attached hydrogen (secondary N) is 1. The number of hydrogen-bond donors (Lipinski definition) is 1. The molecule has 1 amide bonds. The number of anilines is 1. The molecule has 1 saturated heterocycles. The molecule has 4 nitrogen and oxygen atoms in total. The topological polar surface area (TPSA) is 41.6 Å². The van der Waals surface area contributed by atoms with E-state index in [9.17, 15) is 4.79 Å². The maximum absolute atomic E-state index is 12.2. The number of benzene rings is 1. The summed E-state index contributed by atoms with van der Waals surface area (Å²) < 4.78 is 5.56. The molecule has 1 aliphatic heterocycles. The van der Waals surface area contributed by atoms with E-state index in [1.54, 1.807) is 0 Å². The third kappa shape index (κ3) is 3.40. The fraction of sp³-hybridized carbons (Fsp3) is 0.533. The van der Waals surface area contributed by atoms with Gasteiger partial charge in [0.2, 0.25) is 5.91 Å². The number of carbonyl (C=O) groups excluding carboxylic acids is 1. The van der Waals surface area contributed by atoms with Crippen LogP contribution in [-0.2, 0) is 4.79 Å². The molecule has 1 aromatic rings. The second-order valence-corrected chi connectivity index (χ2v) is 4.83. The smallest absolute Gasteiger partial charge is 0.244 e. The van der Waals surface area contributed by atoms with Crippen LogP contribution < -0.4 is 10.1 Å². The van der Waals surface area contributed by atoms with Crippen LogP contribution >= 0.6 is 0 Å². The van der Waals surface area contributed by atoms with Crippen molar-refractivity contribution in [1.82, 2.24) is 4.90 Å². The molecule has 1 N–H and O–H groups in total. The molecule has 0 unspecified atom stereocenters. The van der Waals surface area contributed by atoms with Crippen molar-refractivity contribution < 1.29 is 9.53 Å². The molecular formula is C15H22N2O2. The molecule has 0 aliphatic carbocycles. The van der Waals surface area contributed by atoms with Crippen molar-refractivity contribution in [3.63, 3.8) is 0 Å². The van der Waals surface area contributed by atoms with Gasteiger partial charge >= 0.3 is 0 Å². The standard InChI is InChI=1S/C15H22N2O2/c1-3-19-14-9-5-4-8-13(14)16-12(2)15(18)17-10-6-7-11-17/h4-5,8-9,12,16H,3,6-7,10-11H2,1-2H3/t12-/m0/s1. The Morgan fingerprint density at radius 3 is 2.74 bits per heavy atom. The number of rotatable bonds is 5. The molecule has 1 aromatic carbocycles. The fourth-order valence-corrected chi connectivity index (χ4v) is 2.37. The van der Waals surface area contributed by atoms with Crippen LogP contribution in [0.4, 0.5) is 5.69 Å². The van der Waals surface area contributed by atoms with Gasteiger partial charge in [-0.25, -0.2) is 0 Å². The lowest BCUT2D eigenvalue weighted by Gasteiger charge is -2.22. The Morgan fingerprint density at radius 1 is 1.37 bits per heavy atom. The summed E-state index contributed by atoms with van der Waals surface area (Å²) >= 11 is 0. The van der Waals surface area contributed by atoms with Gasteiger partial charge in [0.1, 0.15) is 11.8 Å². The number of nitrogens with zero attached hydrogens (tertiary/aromatic N) is 1. The van der Waals surface area contributed by atoms with Gasteiger partial charge in [0.05, 0.1) is 12.3 Å². The van der Waals surface area contributed by atoms with Crippen LogP contribution in [0.15, 0.2) is 24.3 Å². The molecule has 1 heterocycles. The van der Waals surface area contributed by atoms with Gasteiger partial charge in [-0.3, -0.25) is 4.79 Å². The SMILES string of the molecule is CCOc1ccccc1N[C@@H](C)C(=O)N1CCCC1. The van der Waals surface area contributed by atoms with Gasteiger partial charge in [0, 0.05) is 13.1 Å². The first kappa shape index (κ1) is 13.7. The fourth-order valence-electron chi connectivity index (χ4n) is 2.37. The summed E-state index contributed by atoms with van der Waals surface area (Å²) in [7, 11) is 0. The summed E-state index contributed by atoms with van der Waals surface area (Å²) in [4.78, 5) is 14.2. The van der Waals surface area contributed by atoms with Crippen molar-refractivity contribution >= 4 is 11.6 Å². The average molecular weight is 262 g/mol. The van der Waals surface area contributed by atoms with Crippen LogP contribution in [0.5, 0.6) is 5.75 Å². The van der Waals surface area contributed by atoms with E-state index in [2.05, 4.69) is 5.32 Å². The summed E-state index contributed by atoms with van der Waals surface area (Å²) in [6, 6.07) is 7.51. The zero-order valence-electron chi connectivity index (χ0n) is 11.7. The number of amides is 1. The Morgan fingerprint density at radius 2 is 2.05 bits per heavy atom. The van der Waals surface area contributed by atoms with Gasteiger partial charge in [-0.15, -0.1) is 0 Å². The highest BCUT2D eigenvalue weighted by molar-refractivity contribution is 5.85. The second-order valence-electron chi connectivity index (χ2n) is 4.83. The van der Waals surface area contributed by atoms with Crippen molar-refractivity contribution in [3.8, 4) is 5.75 Å². The van der Waals surface area contributed by atoms with Gasteiger partial charge in [-0.1, -0.05) is 12.1 Å². The molecule has 1 aliphatic rings. The normalized spacial score (nSPS) is 16.2. The molecule has 104 valence electrons. The van der Waals surface area contributed by atoms with E-state index >= 15 is 0 Å². The number of ether oxygens (including phenoxy) is 1. The first-order chi connectivity index (χ1) is 9.22. The van der Waals surface area contributed by atoms with E-state index in [-0.39, 0.29) is 11.9 Å². The summed E-state index contributed by atoms with van der Waals surface area (Å²) in [5.41, 5.74) is 0.879. The van der Waals surface area contributed by atoms with Gasteiger partial charge < -0.3 is 15.0 Å². The highest BCUT2D eigenvalue weighted by Crippen LogP contribution is 2.24. The molecule has 0 radical (unpaired) electrons. The van der Waals surface area contributed by atoms with E-state index in [0.29, 0.717) is 6.61 Å². The van der Waals surface area contributed by atoms with E-state index in [0.717, 1.165) is 37.4 Å². The lowest BCUT2D eigenvalue weighted by Crippen LogP contribution is -2.39. The Kier molecular flexibility index (Phi) is 4.66. The van der Waals surface area contributed by atoms with Gasteiger partial charge in [0.15, 0.2) is 0 Å². The van der Waals surface area contributed by atoms with Crippen LogP contribution in [0.25, 0.3) is 0 Å². The van der Waals surface area contributed by atoms with Crippen molar-refractivity contribution in [1.29, 1.82) is 0 Å². The summed E-state index contributed by atoms with van der Waals surface area (Å²) in [5.74, 6) is 0.967.